The molecule has 1 aromatic heterocycles. The lowest BCUT2D eigenvalue weighted by Gasteiger charge is -2.24. The fourth-order valence-electron chi connectivity index (χ4n) is 4.83. The van der Waals surface area contributed by atoms with Gasteiger partial charge in [0.15, 0.2) is 0 Å². The van der Waals surface area contributed by atoms with Crippen molar-refractivity contribution >= 4 is 44.2 Å². The average Bonchev–Trinajstić information content (AvgIpc) is 3.36. The zero-order valence-electron chi connectivity index (χ0n) is 23.4. The summed E-state index contributed by atoms with van der Waals surface area (Å²) in [6.07, 6.45) is 0. The quantitative estimate of drug-likeness (QED) is 0.108. The van der Waals surface area contributed by atoms with Crippen LogP contribution in [-0.4, -0.2) is 31.8 Å². The Kier molecular flexibility index (Phi) is 7.83. The number of sulfonamides is 1. The molecule has 0 spiro atoms. The number of furan rings is 1. The molecule has 5 aromatic rings. The van der Waals surface area contributed by atoms with Crippen molar-refractivity contribution in [3.8, 4) is 11.3 Å². The standard InChI is InChI=1S/C32H26N2O8S/c1-4-41-32(36)29-26-19-24(14-15-27(26)42-30(29)22-9-6-5-7-10-22)33(31(35)23-11-8-12-25(18-23)34(37)38)43(39,40)28-16-13-20(2)17-21(28)3/h5-19H,4H2,1-3H3. The monoisotopic (exact) mass is 598 g/mol. The molecule has 0 aliphatic rings. The number of carbonyl (C=O) groups excluding carboxylic acids is 2. The lowest BCUT2D eigenvalue weighted by Crippen LogP contribution is -2.37. The molecule has 0 radical (unpaired) electrons. The second-order valence-corrected chi connectivity index (χ2v) is 11.5. The van der Waals surface area contributed by atoms with Crippen molar-refractivity contribution in [3.63, 3.8) is 0 Å². The number of non-ortho nitro benzene ring substituents is 1. The van der Waals surface area contributed by atoms with Gasteiger partial charge in [-0.05, 0) is 56.7 Å². The SMILES string of the molecule is CCOC(=O)c1c(-c2ccccc2)oc2ccc(N(C(=O)c3cccc([N+](=O)[O-])c3)S(=O)(=O)c3ccc(C)cc3C)cc12. The maximum atomic E-state index is 14.2. The Morgan fingerprint density at radius 3 is 2.35 bits per heavy atom. The summed E-state index contributed by atoms with van der Waals surface area (Å²) in [4.78, 5) is 37.9. The first kappa shape index (κ1) is 29.2. The Bertz CT molecular complexity index is 2000. The fraction of sp³-hybridized carbons (Fsp3) is 0.125. The highest BCUT2D eigenvalue weighted by Gasteiger charge is 2.35. The van der Waals surface area contributed by atoms with E-state index in [-0.39, 0.29) is 50.7 Å². The smallest absolute Gasteiger partial charge is 0.342 e. The Morgan fingerprint density at radius 1 is 0.930 bits per heavy atom. The molecule has 4 aromatic carbocycles. The molecule has 11 heteroatoms. The van der Waals surface area contributed by atoms with Gasteiger partial charge in [0.05, 0.1) is 22.1 Å². The molecular formula is C32H26N2O8S. The van der Waals surface area contributed by atoms with E-state index in [1.165, 1.54) is 42.5 Å². The predicted molar refractivity (Wildman–Crippen MR) is 161 cm³/mol. The number of hydrogen-bond acceptors (Lipinski definition) is 8. The van der Waals surface area contributed by atoms with Gasteiger partial charge >= 0.3 is 5.97 Å². The van der Waals surface area contributed by atoms with Gasteiger partial charge in [-0.3, -0.25) is 14.9 Å². The molecule has 0 aliphatic carbocycles. The molecular weight excluding hydrogens is 572 g/mol. The van der Waals surface area contributed by atoms with Crippen LogP contribution in [0.25, 0.3) is 22.3 Å². The van der Waals surface area contributed by atoms with Gasteiger partial charge in [0.1, 0.15) is 16.9 Å². The molecule has 10 nitrogen and oxygen atoms in total. The lowest BCUT2D eigenvalue weighted by atomic mass is 10.1. The van der Waals surface area contributed by atoms with Crippen molar-refractivity contribution in [1.29, 1.82) is 0 Å². The number of amides is 1. The van der Waals surface area contributed by atoms with Crippen LogP contribution in [0, 0.1) is 24.0 Å². The van der Waals surface area contributed by atoms with E-state index in [1.807, 2.05) is 13.0 Å². The van der Waals surface area contributed by atoms with Crippen LogP contribution in [0.1, 0.15) is 38.8 Å². The Hall–Kier alpha value is -5.29. The number of benzene rings is 4. The van der Waals surface area contributed by atoms with E-state index in [0.29, 0.717) is 15.4 Å². The molecule has 0 saturated heterocycles. The summed E-state index contributed by atoms with van der Waals surface area (Å²) in [5.41, 5.74) is 1.45. The second kappa shape index (κ2) is 11.5. The summed E-state index contributed by atoms with van der Waals surface area (Å²) >= 11 is 0. The van der Waals surface area contributed by atoms with Crippen molar-refractivity contribution in [3.05, 3.63) is 123 Å². The van der Waals surface area contributed by atoms with E-state index < -0.39 is 26.8 Å². The first-order valence-corrected chi connectivity index (χ1v) is 14.7. The Morgan fingerprint density at radius 2 is 1.67 bits per heavy atom. The fourth-order valence-corrected chi connectivity index (χ4v) is 6.45. The van der Waals surface area contributed by atoms with Crippen LogP contribution in [-0.2, 0) is 14.8 Å². The van der Waals surface area contributed by atoms with E-state index in [9.17, 15) is 28.1 Å². The third-order valence-electron chi connectivity index (χ3n) is 6.76. The molecule has 218 valence electrons. The van der Waals surface area contributed by atoms with Gasteiger partial charge in [0, 0.05) is 28.6 Å². The van der Waals surface area contributed by atoms with Crippen LogP contribution in [0.2, 0.25) is 0 Å². The first-order chi connectivity index (χ1) is 20.5. The number of anilines is 1. The molecule has 0 fully saturated rings. The molecule has 0 N–H and O–H groups in total. The van der Waals surface area contributed by atoms with Crippen LogP contribution >= 0.6 is 0 Å². The van der Waals surface area contributed by atoms with Gasteiger partial charge in [-0.25, -0.2) is 13.2 Å². The largest absolute Gasteiger partial charge is 0.462 e. The average molecular weight is 599 g/mol. The summed E-state index contributed by atoms with van der Waals surface area (Å²) in [7, 11) is -4.57. The molecule has 0 bridgehead atoms. The minimum Gasteiger partial charge on any atom is -0.462 e. The zero-order valence-corrected chi connectivity index (χ0v) is 24.3. The number of aryl methyl sites for hydroxylation is 2. The van der Waals surface area contributed by atoms with Gasteiger partial charge in [-0.2, -0.15) is 4.31 Å². The van der Waals surface area contributed by atoms with E-state index in [4.69, 9.17) is 9.15 Å². The van der Waals surface area contributed by atoms with Crippen LogP contribution in [0.15, 0.2) is 100 Å². The van der Waals surface area contributed by atoms with Crippen molar-refractivity contribution in [2.24, 2.45) is 0 Å². The Balaban J connectivity index is 1.77. The van der Waals surface area contributed by atoms with Crippen molar-refractivity contribution in [2.75, 3.05) is 10.9 Å². The van der Waals surface area contributed by atoms with Gasteiger partial charge in [0.2, 0.25) is 0 Å². The topological polar surface area (TPSA) is 137 Å². The van der Waals surface area contributed by atoms with Gasteiger partial charge in [0.25, 0.3) is 21.6 Å². The third kappa shape index (κ3) is 5.50. The van der Waals surface area contributed by atoms with Gasteiger partial charge in [-0.1, -0.05) is 54.1 Å². The van der Waals surface area contributed by atoms with Crippen molar-refractivity contribution in [1.82, 2.24) is 0 Å². The van der Waals surface area contributed by atoms with Gasteiger partial charge < -0.3 is 9.15 Å². The highest BCUT2D eigenvalue weighted by atomic mass is 32.2. The lowest BCUT2D eigenvalue weighted by molar-refractivity contribution is -0.384. The maximum Gasteiger partial charge on any atom is 0.342 e. The highest BCUT2D eigenvalue weighted by molar-refractivity contribution is 7.93. The molecule has 43 heavy (non-hydrogen) atoms. The van der Waals surface area contributed by atoms with E-state index in [1.54, 1.807) is 50.2 Å². The number of carbonyl (C=O) groups is 2. The molecule has 5 rings (SSSR count). The summed E-state index contributed by atoms with van der Waals surface area (Å²) in [5, 5.41) is 11.7. The minimum atomic E-state index is -4.57. The van der Waals surface area contributed by atoms with Crippen LogP contribution in [0.5, 0.6) is 0 Å². The number of hydrogen-bond donors (Lipinski definition) is 0. The predicted octanol–water partition coefficient (Wildman–Crippen LogP) is 6.84. The van der Waals surface area contributed by atoms with Crippen LogP contribution < -0.4 is 4.31 Å². The molecule has 1 amide bonds. The van der Waals surface area contributed by atoms with Gasteiger partial charge in [-0.15, -0.1) is 0 Å². The summed E-state index contributed by atoms with van der Waals surface area (Å²) in [6, 6.07) is 22.6. The molecule has 0 saturated carbocycles. The second-order valence-electron chi connectivity index (χ2n) is 9.72. The zero-order chi connectivity index (χ0) is 30.9. The number of nitro groups is 1. The molecule has 0 atom stereocenters. The molecule has 0 unspecified atom stereocenters. The number of esters is 1. The summed E-state index contributed by atoms with van der Waals surface area (Å²) < 4.78 is 40.4. The molecule has 1 heterocycles. The summed E-state index contributed by atoms with van der Waals surface area (Å²) in [6.45, 7) is 5.16. The number of nitro benzene ring substituents is 1. The van der Waals surface area contributed by atoms with Crippen molar-refractivity contribution in [2.45, 2.75) is 25.7 Å². The highest BCUT2D eigenvalue weighted by Crippen LogP contribution is 2.38. The maximum absolute atomic E-state index is 14.2. The van der Waals surface area contributed by atoms with Crippen LogP contribution in [0.3, 0.4) is 0 Å². The minimum absolute atomic E-state index is 0.0663. The molecule has 0 aliphatic heterocycles. The van der Waals surface area contributed by atoms with E-state index in [2.05, 4.69) is 0 Å². The van der Waals surface area contributed by atoms with E-state index in [0.717, 1.165) is 11.6 Å². The van der Waals surface area contributed by atoms with E-state index >= 15 is 0 Å². The number of fused-ring (bicyclic) bond motifs is 1. The Labute approximate surface area is 247 Å². The first-order valence-electron chi connectivity index (χ1n) is 13.2. The summed E-state index contributed by atoms with van der Waals surface area (Å²) in [5.74, 6) is -1.49. The number of rotatable bonds is 8. The third-order valence-corrected chi connectivity index (χ3v) is 8.63. The number of ether oxygens (including phenoxy) is 1. The van der Waals surface area contributed by atoms with Crippen LogP contribution in [0.4, 0.5) is 11.4 Å². The van der Waals surface area contributed by atoms with Crippen molar-refractivity contribution < 1.29 is 32.1 Å². The normalized spacial score (nSPS) is 11.3. The number of nitrogens with zero attached hydrogens (tertiary/aromatic N) is 2.